The summed E-state index contributed by atoms with van der Waals surface area (Å²) >= 11 is 0. The molecule has 2 aliphatic carbocycles. The summed E-state index contributed by atoms with van der Waals surface area (Å²) in [5.74, 6) is 0. The maximum absolute atomic E-state index is 12.4. The Balaban J connectivity index is 1.79. The van der Waals surface area contributed by atoms with Crippen LogP contribution in [0.1, 0.15) is 32.6 Å². The minimum Gasteiger partial charge on any atom is -0.312 e. The Hall–Kier alpha value is -0.290. The smallest absolute Gasteiger partial charge is 0.312 e. The minimum atomic E-state index is -4.07. The highest BCUT2D eigenvalue weighted by atomic mass is 19.4. The van der Waals surface area contributed by atoms with Gasteiger partial charge in [0.15, 0.2) is 0 Å². The average molecular weight is 236 g/mol. The molecule has 2 saturated carbocycles. The Labute approximate surface area is 94.2 Å². The second-order valence-corrected chi connectivity index (χ2v) is 5.05. The van der Waals surface area contributed by atoms with E-state index >= 15 is 0 Å². The third kappa shape index (κ3) is 3.94. The number of alkyl halides is 3. The number of nitrogens with one attached hydrogen (secondary N) is 1. The van der Waals surface area contributed by atoms with Crippen molar-refractivity contribution in [3.63, 3.8) is 0 Å². The fourth-order valence-corrected chi connectivity index (χ4v) is 2.00. The molecule has 0 aromatic heterocycles. The van der Waals surface area contributed by atoms with E-state index in [-0.39, 0.29) is 12.1 Å². The van der Waals surface area contributed by atoms with Crippen molar-refractivity contribution in [3.05, 3.63) is 0 Å². The standard InChI is InChI=1S/C11H19F3N2/c1-8(6-15-9-2-3-9)16(10-4-5-10)7-11(12,13)14/h8-10,15H,2-7H2,1H3. The Kier molecular flexibility index (Phi) is 3.45. The highest BCUT2D eigenvalue weighted by Gasteiger charge is 2.40. The molecule has 0 aliphatic heterocycles. The van der Waals surface area contributed by atoms with Crippen molar-refractivity contribution in [2.45, 2.75) is 56.9 Å². The zero-order valence-corrected chi connectivity index (χ0v) is 9.56. The predicted octanol–water partition coefficient (Wildman–Crippen LogP) is 2.15. The minimum absolute atomic E-state index is 0.0188. The maximum atomic E-state index is 12.4. The molecule has 2 rings (SSSR count). The molecule has 2 nitrogen and oxygen atoms in total. The summed E-state index contributed by atoms with van der Waals surface area (Å²) < 4.78 is 37.2. The van der Waals surface area contributed by atoms with Crippen LogP contribution in [0.25, 0.3) is 0 Å². The van der Waals surface area contributed by atoms with E-state index in [1.54, 1.807) is 4.90 Å². The molecule has 16 heavy (non-hydrogen) atoms. The second-order valence-electron chi connectivity index (χ2n) is 5.05. The Morgan fingerprint density at radius 2 is 1.88 bits per heavy atom. The molecule has 94 valence electrons. The van der Waals surface area contributed by atoms with Gasteiger partial charge in [0.1, 0.15) is 0 Å². The van der Waals surface area contributed by atoms with Crippen LogP contribution < -0.4 is 5.32 Å². The monoisotopic (exact) mass is 236 g/mol. The highest BCUT2D eigenvalue weighted by molar-refractivity contribution is 4.90. The number of halogens is 3. The number of hydrogen-bond acceptors (Lipinski definition) is 2. The first-order valence-electron chi connectivity index (χ1n) is 6.01. The van der Waals surface area contributed by atoms with Crippen LogP contribution in [-0.4, -0.2) is 42.3 Å². The van der Waals surface area contributed by atoms with E-state index < -0.39 is 12.7 Å². The summed E-state index contributed by atoms with van der Waals surface area (Å²) in [7, 11) is 0. The summed E-state index contributed by atoms with van der Waals surface area (Å²) in [5.41, 5.74) is 0. The molecular formula is C11H19F3N2. The van der Waals surface area contributed by atoms with Gasteiger partial charge in [0.05, 0.1) is 6.54 Å². The molecule has 2 aliphatic rings. The quantitative estimate of drug-likeness (QED) is 0.760. The molecule has 5 heteroatoms. The lowest BCUT2D eigenvalue weighted by Gasteiger charge is -2.30. The molecule has 1 N–H and O–H groups in total. The van der Waals surface area contributed by atoms with Crippen molar-refractivity contribution >= 4 is 0 Å². The van der Waals surface area contributed by atoms with Crippen molar-refractivity contribution in [3.8, 4) is 0 Å². The number of hydrogen-bond donors (Lipinski definition) is 1. The normalized spacial score (nSPS) is 23.8. The first kappa shape index (κ1) is 12.2. The molecule has 0 radical (unpaired) electrons. The molecule has 0 bridgehead atoms. The first-order valence-corrected chi connectivity index (χ1v) is 6.01. The summed E-state index contributed by atoms with van der Waals surface area (Å²) in [4.78, 5) is 1.61. The molecular weight excluding hydrogens is 217 g/mol. The molecule has 0 heterocycles. The summed E-state index contributed by atoms with van der Waals surface area (Å²) in [6, 6.07) is 0.710. The molecule has 2 fully saturated rings. The summed E-state index contributed by atoms with van der Waals surface area (Å²) in [5, 5.41) is 3.30. The van der Waals surface area contributed by atoms with Gasteiger partial charge in [-0.15, -0.1) is 0 Å². The van der Waals surface area contributed by atoms with Crippen LogP contribution in [-0.2, 0) is 0 Å². The van der Waals surface area contributed by atoms with Gasteiger partial charge in [0.25, 0.3) is 0 Å². The second kappa shape index (κ2) is 4.53. The van der Waals surface area contributed by atoms with Gasteiger partial charge in [-0.3, -0.25) is 4.90 Å². The van der Waals surface area contributed by atoms with E-state index in [1.807, 2.05) is 6.92 Å². The van der Waals surface area contributed by atoms with Gasteiger partial charge in [0.2, 0.25) is 0 Å². The molecule has 0 spiro atoms. The van der Waals surface area contributed by atoms with E-state index in [0.717, 1.165) is 12.8 Å². The fourth-order valence-electron chi connectivity index (χ4n) is 2.00. The van der Waals surface area contributed by atoms with E-state index in [2.05, 4.69) is 5.32 Å². The van der Waals surface area contributed by atoms with E-state index in [0.29, 0.717) is 12.6 Å². The molecule has 1 unspecified atom stereocenters. The molecule has 0 aromatic carbocycles. The number of rotatable bonds is 6. The Morgan fingerprint density at radius 3 is 2.31 bits per heavy atom. The van der Waals surface area contributed by atoms with Gasteiger partial charge < -0.3 is 5.32 Å². The van der Waals surface area contributed by atoms with Crippen molar-refractivity contribution in [2.75, 3.05) is 13.1 Å². The number of nitrogens with zero attached hydrogens (tertiary/aromatic N) is 1. The zero-order chi connectivity index (χ0) is 11.8. The summed E-state index contributed by atoms with van der Waals surface area (Å²) in [6.45, 7) is 1.81. The molecule has 0 saturated heterocycles. The predicted molar refractivity (Wildman–Crippen MR) is 56.3 cm³/mol. The van der Waals surface area contributed by atoms with E-state index in [4.69, 9.17) is 0 Å². The third-order valence-corrected chi connectivity index (χ3v) is 3.22. The average Bonchev–Trinajstić information content (AvgIpc) is 3.00. The Morgan fingerprint density at radius 1 is 1.25 bits per heavy atom. The van der Waals surface area contributed by atoms with Crippen LogP contribution in [0.5, 0.6) is 0 Å². The highest BCUT2D eigenvalue weighted by Crippen LogP contribution is 2.31. The van der Waals surface area contributed by atoms with Crippen molar-refractivity contribution in [2.24, 2.45) is 0 Å². The SMILES string of the molecule is CC(CNC1CC1)N(CC(F)(F)F)C1CC1. The molecule has 1 atom stereocenters. The topological polar surface area (TPSA) is 15.3 Å². The lowest BCUT2D eigenvalue weighted by Crippen LogP contribution is -2.46. The van der Waals surface area contributed by atoms with Crippen LogP contribution in [0.15, 0.2) is 0 Å². The molecule has 0 amide bonds. The van der Waals surface area contributed by atoms with Crippen molar-refractivity contribution in [1.29, 1.82) is 0 Å². The van der Waals surface area contributed by atoms with Crippen LogP contribution in [0.2, 0.25) is 0 Å². The Bertz CT molecular complexity index is 234. The van der Waals surface area contributed by atoms with Crippen LogP contribution in [0.3, 0.4) is 0 Å². The third-order valence-electron chi connectivity index (χ3n) is 3.22. The summed E-state index contributed by atoms with van der Waals surface area (Å²) in [6.07, 6.45) is 0.120. The van der Waals surface area contributed by atoms with Crippen LogP contribution in [0, 0.1) is 0 Å². The molecule has 0 aromatic rings. The van der Waals surface area contributed by atoms with Gasteiger partial charge >= 0.3 is 6.18 Å². The lowest BCUT2D eigenvalue weighted by molar-refractivity contribution is -0.151. The van der Waals surface area contributed by atoms with Gasteiger partial charge in [-0.1, -0.05) is 0 Å². The zero-order valence-electron chi connectivity index (χ0n) is 9.56. The van der Waals surface area contributed by atoms with E-state index in [9.17, 15) is 13.2 Å². The van der Waals surface area contributed by atoms with Crippen LogP contribution in [0.4, 0.5) is 13.2 Å². The van der Waals surface area contributed by atoms with Crippen molar-refractivity contribution in [1.82, 2.24) is 10.2 Å². The lowest BCUT2D eigenvalue weighted by atomic mass is 10.2. The maximum Gasteiger partial charge on any atom is 0.401 e. The van der Waals surface area contributed by atoms with Gasteiger partial charge in [-0.05, 0) is 32.6 Å². The fraction of sp³-hybridized carbons (Fsp3) is 1.00. The van der Waals surface area contributed by atoms with Gasteiger partial charge in [-0.2, -0.15) is 13.2 Å². The van der Waals surface area contributed by atoms with Gasteiger partial charge in [0, 0.05) is 24.7 Å². The van der Waals surface area contributed by atoms with E-state index in [1.165, 1.54) is 12.8 Å². The van der Waals surface area contributed by atoms with Gasteiger partial charge in [-0.25, -0.2) is 0 Å². The van der Waals surface area contributed by atoms with Crippen LogP contribution >= 0.6 is 0 Å². The largest absolute Gasteiger partial charge is 0.401 e. The van der Waals surface area contributed by atoms with Crippen molar-refractivity contribution < 1.29 is 13.2 Å². The first-order chi connectivity index (χ1) is 7.46.